The number of nitrogens with one attached hydrogen (secondary N) is 1. The SMILES string of the molecule is Cc1noc(C)c1S(=O)(=O)N1CCCCCCNC(=O)[C@@H]2C[C@@H](C(=O)N3CCN(c4ccccn4)CC3)C[C@@H]21. The summed E-state index contributed by atoms with van der Waals surface area (Å²) in [4.78, 5) is 35.6. The first-order valence-corrected chi connectivity index (χ1v) is 15.4. The lowest BCUT2D eigenvalue weighted by Crippen LogP contribution is -2.50. The summed E-state index contributed by atoms with van der Waals surface area (Å²) < 4.78 is 34.7. The van der Waals surface area contributed by atoms with Crippen molar-refractivity contribution in [2.45, 2.75) is 63.3 Å². The van der Waals surface area contributed by atoms with E-state index in [4.69, 9.17) is 4.52 Å². The minimum absolute atomic E-state index is 0.00208. The van der Waals surface area contributed by atoms with Crippen molar-refractivity contribution in [1.82, 2.24) is 24.7 Å². The molecule has 1 aliphatic carbocycles. The van der Waals surface area contributed by atoms with Crippen LogP contribution in [0.4, 0.5) is 5.82 Å². The van der Waals surface area contributed by atoms with E-state index >= 15 is 0 Å². The second-order valence-electron chi connectivity index (χ2n) is 10.8. The Labute approximate surface area is 230 Å². The number of hydrogen-bond acceptors (Lipinski definition) is 8. The summed E-state index contributed by atoms with van der Waals surface area (Å²) in [6, 6.07) is 5.19. The Kier molecular flexibility index (Phi) is 8.22. The number of amides is 2. The number of carbonyl (C=O) groups excluding carboxylic acids is 2. The molecule has 1 saturated carbocycles. The van der Waals surface area contributed by atoms with E-state index in [1.54, 1.807) is 20.0 Å². The fourth-order valence-electron chi connectivity index (χ4n) is 6.29. The van der Waals surface area contributed by atoms with Crippen molar-refractivity contribution in [3.63, 3.8) is 0 Å². The van der Waals surface area contributed by atoms with E-state index in [9.17, 15) is 18.0 Å². The molecule has 4 heterocycles. The molecule has 0 bridgehead atoms. The Hall–Kier alpha value is -2.99. The lowest BCUT2D eigenvalue weighted by molar-refractivity contribution is -0.135. The molecule has 2 saturated heterocycles. The van der Waals surface area contributed by atoms with Gasteiger partial charge in [-0.05, 0) is 51.7 Å². The molecule has 5 rings (SSSR count). The van der Waals surface area contributed by atoms with Crippen LogP contribution in [0.2, 0.25) is 0 Å². The van der Waals surface area contributed by atoms with Crippen LogP contribution in [0, 0.1) is 25.7 Å². The maximum absolute atomic E-state index is 14.0. The molecule has 3 aliphatic rings. The van der Waals surface area contributed by atoms with E-state index in [0.29, 0.717) is 64.2 Å². The van der Waals surface area contributed by atoms with E-state index < -0.39 is 27.9 Å². The molecule has 3 atom stereocenters. The van der Waals surface area contributed by atoms with Gasteiger partial charge in [0.05, 0.1) is 5.92 Å². The number of pyridine rings is 1. The fourth-order valence-corrected chi connectivity index (χ4v) is 8.29. The van der Waals surface area contributed by atoms with Crippen molar-refractivity contribution in [3.05, 3.63) is 35.9 Å². The molecule has 2 aromatic rings. The quantitative estimate of drug-likeness (QED) is 0.604. The lowest BCUT2D eigenvalue weighted by Gasteiger charge is -2.36. The van der Waals surface area contributed by atoms with Crippen LogP contribution < -0.4 is 10.2 Å². The first-order valence-electron chi connectivity index (χ1n) is 13.9. The van der Waals surface area contributed by atoms with Gasteiger partial charge in [-0.1, -0.05) is 24.1 Å². The van der Waals surface area contributed by atoms with Crippen LogP contribution in [-0.4, -0.2) is 84.9 Å². The molecule has 12 heteroatoms. The van der Waals surface area contributed by atoms with Crippen molar-refractivity contribution >= 4 is 27.7 Å². The number of sulfonamides is 1. The van der Waals surface area contributed by atoms with Crippen molar-refractivity contribution in [2.24, 2.45) is 11.8 Å². The topological polar surface area (TPSA) is 129 Å². The van der Waals surface area contributed by atoms with Crippen LogP contribution in [0.15, 0.2) is 33.8 Å². The van der Waals surface area contributed by atoms with E-state index in [2.05, 4.69) is 20.4 Å². The molecule has 0 radical (unpaired) electrons. The molecule has 3 fully saturated rings. The average Bonchev–Trinajstić information content (AvgIpc) is 3.52. The number of hydrogen-bond donors (Lipinski definition) is 1. The number of aromatic nitrogens is 2. The molecule has 0 unspecified atom stereocenters. The molecule has 0 spiro atoms. The van der Waals surface area contributed by atoms with Gasteiger partial charge >= 0.3 is 0 Å². The third-order valence-electron chi connectivity index (χ3n) is 8.29. The Bertz CT molecular complexity index is 1260. The summed E-state index contributed by atoms with van der Waals surface area (Å²) in [7, 11) is -3.99. The summed E-state index contributed by atoms with van der Waals surface area (Å²) in [6.07, 6.45) is 5.74. The molecule has 0 aromatic carbocycles. The van der Waals surface area contributed by atoms with Gasteiger partial charge < -0.3 is 19.6 Å². The first kappa shape index (κ1) is 27.6. The monoisotopic (exact) mass is 558 g/mol. The molecular weight excluding hydrogens is 520 g/mol. The smallest absolute Gasteiger partial charge is 0.248 e. The highest BCUT2D eigenvalue weighted by molar-refractivity contribution is 7.89. The van der Waals surface area contributed by atoms with Crippen LogP contribution in [0.5, 0.6) is 0 Å². The first-order chi connectivity index (χ1) is 18.8. The van der Waals surface area contributed by atoms with Crippen molar-refractivity contribution in [2.75, 3.05) is 44.2 Å². The normalized spacial score (nSPS) is 25.6. The zero-order chi connectivity index (χ0) is 27.6. The molecule has 2 aromatic heterocycles. The number of nitrogens with zero attached hydrogens (tertiary/aromatic N) is 5. The van der Waals surface area contributed by atoms with Gasteiger partial charge in [-0.15, -0.1) is 0 Å². The van der Waals surface area contributed by atoms with Gasteiger partial charge in [-0.3, -0.25) is 9.59 Å². The van der Waals surface area contributed by atoms with Crippen LogP contribution in [0.1, 0.15) is 50.0 Å². The maximum atomic E-state index is 14.0. The van der Waals surface area contributed by atoms with E-state index in [1.807, 2.05) is 23.1 Å². The van der Waals surface area contributed by atoms with Crippen molar-refractivity contribution in [1.29, 1.82) is 0 Å². The Morgan fingerprint density at radius 3 is 2.49 bits per heavy atom. The van der Waals surface area contributed by atoms with Crippen LogP contribution in [-0.2, 0) is 19.6 Å². The standard InChI is InChI=1S/C27H38N6O5S/c1-19-25(20(2)38-30-19)39(36,37)33-12-8-4-3-6-11-29-26(34)22-17-21(18-23(22)33)27(35)32-15-13-31(14-16-32)24-9-5-7-10-28-24/h5,7,9-10,21-23H,3-4,6,8,11-18H2,1-2H3,(H,29,34)/t21-,22-,23+/m1/s1. The minimum atomic E-state index is -3.99. The third kappa shape index (κ3) is 5.67. The fraction of sp³-hybridized carbons (Fsp3) is 0.630. The van der Waals surface area contributed by atoms with Crippen LogP contribution in [0.25, 0.3) is 0 Å². The molecule has 212 valence electrons. The second kappa shape index (κ2) is 11.6. The molecule has 11 nitrogen and oxygen atoms in total. The van der Waals surface area contributed by atoms with Crippen LogP contribution >= 0.6 is 0 Å². The largest absolute Gasteiger partial charge is 0.360 e. The summed E-state index contributed by atoms with van der Waals surface area (Å²) in [5, 5.41) is 6.89. The Morgan fingerprint density at radius 1 is 1.03 bits per heavy atom. The van der Waals surface area contributed by atoms with Gasteiger partial charge in [0.15, 0.2) is 5.76 Å². The van der Waals surface area contributed by atoms with Crippen molar-refractivity contribution < 1.29 is 22.5 Å². The van der Waals surface area contributed by atoms with Gasteiger partial charge in [0.25, 0.3) is 0 Å². The predicted octanol–water partition coefficient (Wildman–Crippen LogP) is 2.11. The second-order valence-corrected chi connectivity index (χ2v) is 12.6. The molecule has 1 N–H and O–H groups in total. The van der Waals surface area contributed by atoms with Gasteiger partial charge in [0, 0.05) is 57.4 Å². The molecular formula is C27H38N6O5S. The minimum Gasteiger partial charge on any atom is -0.360 e. The van der Waals surface area contributed by atoms with E-state index in [0.717, 1.165) is 25.1 Å². The van der Waals surface area contributed by atoms with Crippen molar-refractivity contribution in [3.8, 4) is 0 Å². The summed E-state index contributed by atoms with van der Waals surface area (Å²) in [6.45, 7) is 6.55. The molecule has 2 aliphatic heterocycles. The van der Waals surface area contributed by atoms with E-state index in [1.165, 1.54) is 4.31 Å². The van der Waals surface area contributed by atoms with E-state index in [-0.39, 0.29) is 22.5 Å². The highest BCUT2D eigenvalue weighted by Crippen LogP contribution is 2.40. The van der Waals surface area contributed by atoms with Crippen LogP contribution in [0.3, 0.4) is 0 Å². The molecule has 39 heavy (non-hydrogen) atoms. The summed E-state index contributed by atoms with van der Waals surface area (Å²) in [5.74, 6) is -0.0588. The number of fused-ring (bicyclic) bond motifs is 1. The van der Waals surface area contributed by atoms with Gasteiger partial charge in [-0.25, -0.2) is 13.4 Å². The number of rotatable bonds is 4. The lowest BCUT2D eigenvalue weighted by atomic mass is 10.0. The predicted molar refractivity (Wildman–Crippen MR) is 144 cm³/mol. The zero-order valence-corrected chi connectivity index (χ0v) is 23.5. The average molecular weight is 559 g/mol. The number of carbonyl (C=O) groups is 2. The molecule has 2 amide bonds. The summed E-state index contributed by atoms with van der Waals surface area (Å²) in [5.41, 5.74) is 0.305. The van der Waals surface area contributed by atoms with Gasteiger partial charge in [0.2, 0.25) is 21.8 Å². The number of piperazine rings is 1. The number of anilines is 1. The Balaban J connectivity index is 1.37. The third-order valence-corrected chi connectivity index (χ3v) is 10.5. The van der Waals surface area contributed by atoms with Gasteiger partial charge in [0.1, 0.15) is 16.4 Å². The highest BCUT2D eigenvalue weighted by atomic mass is 32.2. The van der Waals surface area contributed by atoms with Gasteiger partial charge in [-0.2, -0.15) is 4.31 Å². The highest BCUT2D eigenvalue weighted by Gasteiger charge is 2.49. The summed E-state index contributed by atoms with van der Waals surface area (Å²) >= 11 is 0. The number of aryl methyl sites for hydroxylation is 2. The maximum Gasteiger partial charge on any atom is 0.248 e. The zero-order valence-electron chi connectivity index (χ0n) is 22.7. The Morgan fingerprint density at radius 2 is 1.79 bits per heavy atom.